The molecule has 0 saturated carbocycles. The summed E-state index contributed by atoms with van der Waals surface area (Å²) >= 11 is 7.53. The van der Waals surface area contributed by atoms with Gasteiger partial charge in [-0.1, -0.05) is 24.3 Å². The van der Waals surface area contributed by atoms with E-state index in [0.717, 1.165) is 12.1 Å². The Labute approximate surface area is 135 Å². The van der Waals surface area contributed by atoms with Crippen LogP contribution in [0.1, 0.15) is 28.2 Å². The minimum Gasteiger partial charge on any atom is -0.303 e. The molecule has 0 spiro atoms. The summed E-state index contributed by atoms with van der Waals surface area (Å²) in [6.07, 6.45) is 4.63. The Balaban J connectivity index is 1.46. The zero-order chi connectivity index (χ0) is 14.5. The van der Waals surface area contributed by atoms with E-state index in [4.69, 9.17) is 11.6 Å². The smallest absolute Gasteiger partial charge is 0.0929 e. The van der Waals surface area contributed by atoms with Crippen LogP contribution in [0.2, 0.25) is 0 Å². The molecule has 3 rings (SSSR count). The van der Waals surface area contributed by atoms with Crippen LogP contribution in [-0.4, -0.2) is 29.5 Å². The molecule has 0 saturated heterocycles. The van der Waals surface area contributed by atoms with Gasteiger partial charge in [-0.25, -0.2) is 4.98 Å². The summed E-state index contributed by atoms with van der Waals surface area (Å²) < 4.78 is 0. The Hall–Kier alpha value is -0.900. The molecule has 2 nitrogen and oxygen atoms in total. The summed E-state index contributed by atoms with van der Waals surface area (Å²) in [5.41, 5.74) is 4.08. The lowest BCUT2D eigenvalue weighted by molar-refractivity contribution is 0.284. The first-order valence-corrected chi connectivity index (χ1v) is 9.05. The van der Waals surface area contributed by atoms with Crippen molar-refractivity contribution in [2.75, 3.05) is 19.6 Å². The minimum atomic E-state index is 0.529. The second kappa shape index (κ2) is 7.39. The number of benzene rings is 1. The first-order chi connectivity index (χ1) is 10.3. The fraction of sp³-hybridized carbons (Fsp3) is 0.471. The number of hydrogen-bond acceptors (Lipinski definition) is 3. The van der Waals surface area contributed by atoms with Gasteiger partial charge in [0.05, 0.1) is 16.6 Å². The lowest BCUT2D eigenvalue weighted by Crippen LogP contribution is -2.27. The molecule has 0 radical (unpaired) electrons. The maximum atomic E-state index is 5.79. The predicted octanol–water partition coefficient (Wildman–Crippen LogP) is 3.92. The molecule has 0 bridgehead atoms. The van der Waals surface area contributed by atoms with Gasteiger partial charge in [0.25, 0.3) is 0 Å². The SMILES string of the molecule is ClCc1csc(CCCN2CCc3ccccc3CC2)n1. The van der Waals surface area contributed by atoms with Crippen molar-refractivity contribution in [3.05, 3.63) is 51.5 Å². The van der Waals surface area contributed by atoms with Crippen LogP contribution in [0.15, 0.2) is 29.6 Å². The standard InChI is InChI=1S/C17H21ClN2S/c18-12-16-13-21-17(19-16)6-3-9-20-10-7-14-4-1-2-5-15(14)8-11-20/h1-2,4-5,13H,3,6-12H2. The molecule has 1 aromatic heterocycles. The number of halogens is 1. The molecular weight excluding hydrogens is 300 g/mol. The van der Waals surface area contributed by atoms with Crippen molar-refractivity contribution < 1.29 is 0 Å². The first kappa shape index (κ1) is 15.0. The molecule has 1 aromatic carbocycles. The van der Waals surface area contributed by atoms with Crippen LogP contribution in [0.25, 0.3) is 0 Å². The van der Waals surface area contributed by atoms with Crippen molar-refractivity contribution in [1.82, 2.24) is 9.88 Å². The number of aryl methyl sites for hydroxylation is 1. The van der Waals surface area contributed by atoms with E-state index in [1.807, 2.05) is 0 Å². The van der Waals surface area contributed by atoms with Crippen LogP contribution in [0.5, 0.6) is 0 Å². The second-order valence-electron chi connectivity index (χ2n) is 5.58. The van der Waals surface area contributed by atoms with Gasteiger partial charge in [-0.15, -0.1) is 22.9 Å². The van der Waals surface area contributed by atoms with E-state index in [1.165, 1.54) is 55.0 Å². The Morgan fingerprint density at radius 1 is 1.14 bits per heavy atom. The number of aromatic nitrogens is 1. The highest BCUT2D eigenvalue weighted by atomic mass is 35.5. The van der Waals surface area contributed by atoms with Gasteiger partial charge in [0, 0.05) is 24.9 Å². The fourth-order valence-corrected chi connectivity index (χ4v) is 3.99. The number of thiazole rings is 1. The first-order valence-electron chi connectivity index (χ1n) is 7.63. The highest BCUT2D eigenvalue weighted by Gasteiger charge is 2.13. The molecule has 2 aromatic rings. The zero-order valence-corrected chi connectivity index (χ0v) is 13.8. The van der Waals surface area contributed by atoms with Crippen molar-refractivity contribution in [3.63, 3.8) is 0 Å². The zero-order valence-electron chi connectivity index (χ0n) is 12.2. The Morgan fingerprint density at radius 3 is 2.48 bits per heavy atom. The van der Waals surface area contributed by atoms with E-state index in [0.29, 0.717) is 5.88 Å². The van der Waals surface area contributed by atoms with Crippen molar-refractivity contribution >= 4 is 22.9 Å². The van der Waals surface area contributed by atoms with Gasteiger partial charge in [0.2, 0.25) is 0 Å². The minimum absolute atomic E-state index is 0.529. The monoisotopic (exact) mass is 320 g/mol. The number of nitrogens with zero attached hydrogens (tertiary/aromatic N) is 2. The molecule has 1 aliphatic heterocycles. The third-order valence-corrected chi connectivity index (χ3v) is 5.35. The third kappa shape index (κ3) is 4.06. The molecular formula is C17H21ClN2S. The largest absolute Gasteiger partial charge is 0.303 e. The Morgan fingerprint density at radius 2 is 1.86 bits per heavy atom. The molecule has 112 valence electrons. The van der Waals surface area contributed by atoms with Gasteiger partial charge >= 0.3 is 0 Å². The molecule has 21 heavy (non-hydrogen) atoms. The molecule has 4 heteroatoms. The summed E-state index contributed by atoms with van der Waals surface area (Å²) in [6, 6.07) is 8.88. The van der Waals surface area contributed by atoms with Crippen LogP contribution in [-0.2, 0) is 25.1 Å². The van der Waals surface area contributed by atoms with E-state index in [9.17, 15) is 0 Å². The molecule has 0 amide bonds. The molecule has 0 fully saturated rings. The number of alkyl halides is 1. The van der Waals surface area contributed by atoms with Crippen LogP contribution >= 0.6 is 22.9 Å². The summed E-state index contributed by atoms with van der Waals surface area (Å²) in [6.45, 7) is 3.54. The average Bonchev–Trinajstić information content (AvgIpc) is 2.88. The van der Waals surface area contributed by atoms with Gasteiger partial charge in [-0.2, -0.15) is 0 Å². The summed E-state index contributed by atoms with van der Waals surface area (Å²) in [7, 11) is 0. The van der Waals surface area contributed by atoms with Crippen LogP contribution in [0, 0.1) is 0 Å². The highest BCUT2D eigenvalue weighted by molar-refractivity contribution is 7.09. The van der Waals surface area contributed by atoms with E-state index < -0.39 is 0 Å². The average molecular weight is 321 g/mol. The fourth-order valence-electron chi connectivity index (χ4n) is 2.92. The van der Waals surface area contributed by atoms with E-state index in [2.05, 4.69) is 39.5 Å². The van der Waals surface area contributed by atoms with E-state index in [1.54, 1.807) is 11.3 Å². The molecule has 0 aliphatic carbocycles. The maximum Gasteiger partial charge on any atom is 0.0929 e. The van der Waals surface area contributed by atoms with Crippen LogP contribution in [0.4, 0.5) is 0 Å². The normalized spacial score (nSPS) is 15.7. The maximum absolute atomic E-state index is 5.79. The van der Waals surface area contributed by atoms with Crippen LogP contribution < -0.4 is 0 Å². The topological polar surface area (TPSA) is 16.1 Å². The van der Waals surface area contributed by atoms with Crippen molar-refractivity contribution in [3.8, 4) is 0 Å². The quantitative estimate of drug-likeness (QED) is 0.776. The number of hydrogen-bond donors (Lipinski definition) is 0. The van der Waals surface area contributed by atoms with Gasteiger partial charge in [-0.3, -0.25) is 0 Å². The lowest BCUT2D eigenvalue weighted by Gasteiger charge is -2.19. The van der Waals surface area contributed by atoms with E-state index in [-0.39, 0.29) is 0 Å². The van der Waals surface area contributed by atoms with Crippen molar-refractivity contribution in [2.24, 2.45) is 0 Å². The Kier molecular flexibility index (Phi) is 5.28. The molecule has 2 heterocycles. The Bertz CT molecular complexity index is 555. The highest BCUT2D eigenvalue weighted by Crippen LogP contribution is 2.17. The second-order valence-corrected chi connectivity index (χ2v) is 6.79. The van der Waals surface area contributed by atoms with Crippen molar-refractivity contribution in [1.29, 1.82) is 0 Å². The molecule has 0 unspecified atom stereocenters. The molecule has 0 N–H and O–H groups in total. The van der Waals surface area contributed by atoms with Crippen molar-refractivity contribution in [2.45, 2.75) is 31.6 Å². The molecule has 1 aliphatic rings. The van der Waals surface area contributed by atoms with Gasteiger partial charge < -0.3 is 4.90 Å². The summed E-state index contributed by atoms with van der Waals surface area (Å²) in [5, 5.41) is 3.30. The predicted molar refractivity (Wildman–Crippen MR) is 90.3 cm³/mol. The van der Waals surface area contributed by atoms with Gasteiger partial charge in [-0.05, 0) is 36.9 Å². The number of fused-ring (bicyclic) bond motifs is 1. The lowest BCUT2D eigenvalue weighted by atomic mass is 10.0. The van der Waals surface area contributed by atoms with Crippen LogP contribution in [0.3, 0.4) is 0 Å². The molecule has 0 atom stereocenters. The van der Waals surface area contributed by atoms with Gasteiger partial charge in [0.15, 0.2) is 0 Å². The summed E-state index contributed by atoms with van der Waals surface area (Å²) in [5.74, 6) is 0.529. The van der Waals surface area contributed by atoms with Gasteiger partial charge in [0.1, 0.15) is 0 Å². The van der Waals surface area contributed by atoms with E-state index >= 15 is 0 Å². The number of rotatable bonds is 5. The third-order valence-electron chi connectivity index (χ3n) is 4.11. The summed E-state index contributed by atoms with van der Waals surface area (Å²) in [4.78, 5) is 7.12.